The van der Waals surface area contributed by atoms with Gasteiger partial charge in [0.15, 0.2) is 5.82 Å². The fourth-order valence-corrected chi connectivity index (χ4v) is 2.81. The molecule has 1 heterocycles. The summed E-state index contributed by atoms with van der Waals surface area (Å²) in [4.78, 5) is 5.59. The Balaban J connectivity index is 1.45. The van der Waals surface area contributed by atoms with E-state index in [4.69, 9.17) is 4.52 Å². The number of aromatic nitrogens is 2. The Kier molecular flexibility index (Phi) is 4.75. The zero-order valence-corrected chi connectivity index (χ0v) is 13.4. The first-order valence-corrected chi connectivity index (χ1v) is 8.48. The maximum absolute atomic E-state index is 5.23. The van der Waals surface area contributed by atoms with Crippen molar-refractivity contribution in [2.75, 3.05) is 6.54 Å². The molecule has 3 rings (SSSR count). The fraction of sp³-hybridized carbons (Fsp3) is 0.429. The second-order valence-electron chi connectivity index (χ2n) is 4.92. The normalized spacial score (nSPS) is 14.7. The number of rotatable bonds is 7. The molecule has 2 aromatic rings. The van der Waals surface area contributed by atoms with Crippen molar-refractivity contribution in [3.05, 3.63) is 40.5 Å². The van der Waals surface area contributed by atoms with Crippen LogP contribution in [-0.2, 0) is 12.3 Å². The van der Waals surface area contributed by atoms with E-state index >= 15 is 0 Å². The number of thioether (sulfide) groups is 1. The Labute approximate surface area is 130 Å². The zero-order chi connectivity index (χ0) is 13.8. The molecule has 0 amide bonds. The summed E-state index contributed by atoms with van der Waals surface area (Å²) in [7, 11) is 0. The van der Waals surface area contributed by atoms with Gasteiger partial charge in [0.2, 0.25) is 5.89 Å². The van der Waals surface area contributed by atoms with Crippen LogP contribution in [0.25, 0.3) is 0 Å². The maximum Gasteiger partial charge on any atom is 0.240 e. The molecule has 1 N–H and O–H groups in total. The van der Waals surface area contributed by atoms with Gasteiger partial charge in [-0.3, -0.25) is 0 Å². The number of halogens is 1. The Morgan fingerprint density at radius 1 is 1.30 bits per heavy atom. The van der Waals surface area contributed by atoms with E-state index in [0.717, 1.165) is 28.5 Å². The maximum atomic E-state index is 5.23. The summed E-state index contributed by atoms with van der Waals surface area (Å²) in [6.45, 7) is 1.73. The third kappa shape index (κ3) is 4.33. The molecule has 4 nitrogen and oxygen atoms in total. The highest BCUT2D eigenvalue weighted by molar-refractivity contribution is 9.10. The average molecular weight is 354 g/mol. The molecule has 0 bridgehead atoms. The Morgan fingerprint density at radius 3 is 2.85 bits per heavy atom. The molecule has 20 heavy (non-hydrogen) atoms. The molecule has 1 aromatic carbocycles. The van der Waals surface area contributed by atoms with Crippen molar-refractivity contribution >= 4 is 27.7 Å². The quantitative estimate of drug-likeness (QED) is 0.770. The van der Waals surface area contributed by atoms with E-state index in [-0.39, 0.29) is 0 Å². The van der Waals surface area contributed by atoms with Gasteiger partial charge in [-0.25, -0.2) is 0 Å². The van der Waals surface area contributed by atoms with Gasteiger partial charge in [0.1, 0.15) is 0 Å². The predicted molar refractivity (Wildman–Crippen MR) is 82.4 cm³/mol. The lowest BCUT2D eigenvalue weighted by molar-refractivity contribution is 0.363. The standard InChI is InChI=1S/C14H16BrN3OS/c15-11-3-5-12(6-4-11)20-9-13-17-14(19-18-13)8-16-7-10-1-2-10/h3-6,10,16H,1-2,7-9H2. The number of nitrogens with zero attached hydrogens (tertiary/aromatic N) is 2. The molecule has 0 saturated heterocycles. The van der Waals surface area contributed by atoms with Crippen LogP contribution in [0.15, 0.2) is 38.2 Å². The van der Waals surface area contributed by atoms with Crippen LogP contribution in [-0.4, -0.2) is 16.7 Å². The van der Waals surface area contributed by atoms with Crippen LogP contribution >= 0.6 is 27.7 Å². The van der Waals surface area contributed by atoms with Gasteiger partial charge in [-0.1, -0.05) is 21.1 Å². The van der Waals surface area contributed by atoms with Crippen LogP contribution in [0.4, 0.5) is 0 Å². The SMILES string of the molecule is Brc1ccc(SCc2noc(CNCC3CC3)n2)cc1. The fourth-order valence-electron chi connectivity index (χ4n) is 1.80. The first-order chi connectivity index (χ1) is 9.79. The molecule has 6 heteroatoms. The van der Waals surface area contributed by atoms with Gasteiger partial charge in [0.05, 0.1) is 12.3 Å². The minimum atomic E-state index is 0.673. The van der Waals surface area contributed by atoms with Gasteiger partial charge in [0.25, 0.3) is 0 Å². The van der Waals surface area contributed by atoms with Gasteiger partial charge in [-0.15, -0.1) is 11.8 Å². The highest BCUT2D eigenvalue weighted by Crippen LogP contribution is 2.27. The van der Waals surface area contributed by atoms with E-state index in [1.165, 1.54) is 17.7 Å². The molecule has 0 aliphatic heterocycles. The molecule has 1 aliphatic rings. The van der Waals surface area contributed by atoms with E-state index in [1.54, 1.807) is 11.8 Å². The van der Waals surface area contributed by atoms with Gasteiger partial charge in [-0.2, -0.15) is 4.98 Å². The van der Waals surface area contributed by atoms with Crippen LogP contribution in [0.5, 0.6) is 0 Å². The molecule has 1 saturated carbocycles. The number of benzene rings is 1. The van der Waals surface area contributed by atoms with E-state index in [0.29, 0.717) is 12.4 Å². The molecule has 0 atom stereocenters. The molecule has 1 aromatic heterocycles. The lowest BCUT2D eigenvalue weighted by Gasteiger charge is -1.98. The summed E-state index contributed by atoms with van der Waals surface area (Å²) >= 11 is 5.14. The monoisotopic (exact) mass is 353 g/mol. The average Bonchev–Trinajstić information content (AvgIpc) is 3.16. The third-order valence-electron chi connectivity index (χ3n) is 3.10. The van der Waals surface area contributed by atoms with Gasteiger partial charge < -0.3 is 9.84 Å². The predicted octanol–water partition coefficient (Wildman–Crippen LogP) is 3.62. The van der Waals surface area contributed by atoms with Crippen molar-refractivity contribution < 1.29 is 4.52 Å². The molecular formula is C14H16BrN3OS. The van der Waals surface area contributed by atoms with Crippen LogP contribution < -0.4 is 5.32 Å². The first kappa shape index (κ1) is 14.1. The minimum absolute atomic E-state index is 0.673. The minimum Gasteiger partial charge on any atom is -0.338 e. The zero-order valence-electron chi connectivity index (χ0n) is 11.0. The summed E-state index contributed by atoms with van der Waals surface area (Å²) in [6, 6.07) is 8.22. The van der Waals surface area contributed by atoms with Crippen LogP contribution in [0.1, 0.15) is 24.6 Å². The van der Waals surface area contributed by atoms with Crippen LogP contribution in [0.3, 0.4) is 0 Å². The highest BCUT2D eigenvalue weighted by Gasteiger charge is 2.20. The molecule has 1 aliphatic carbocycles. The van der Waals surface area contributed by atoms with Crippen molar-refractivity contribution in [1.82, 2.24) is 15.5 Å². The highest BCUT2D eigenvalue weighted by atomic mass is 79.9. The molecular weight excluding hydrogens is 338 g/mol. The van der Waals surface area contributed by atoms with Gasteiger partial charge in [-0.05, 0) is 49.6 Å². The third-order valence-corrected chi connectivity index (χ3v) is 4.63. The summed E-state index contributed by atoms with van der Waals surface area (Å²) < 4.78 is 6.32. The van der Waals surface area contributed by atoms with Gasteiger partial charge >= 0.3 is 0 Å². The largest absolute Gasteiger partial charge is 0.338 e. The molecule has 1 fully saturated rings. The lowest BCUT2D eigenvalue weighted by atomic mass is 10.4. The lowest BCUT2D eigenvalue weighted by Crippen LogP contribution is -2.16. The topological polar surface area (TPSA) is 51.0 Å². The molecule has 0 spiro atoms. The van der Waals surface area contributed by atoms with E-state index in [2.05, 4.69) is 43.5 Å². The van der Waals surface area contributed by atoms with E-state index in [1.807, 2.05) is 12.1 Å². The molecule has 0 unspecified atom stereocenters. The van der Waals surface area contributed by atoms with E-state index < -0.39 is 0 Å². The van der Waals surface area contributed by atoms with Gasteiger partial charge in [0, 0.05) is 9.37 Å². The smallest absolute Gasteiger partial charge is 0.240 e. The molecule has 0 radical (unpaired) electrons. The second-order valence-corrected chi connectivity index (χ2v) is 6.89. The molecule has 106 valence electrons. The Morgan fingerprint density at radius 2 is 2.10 bits per heavy atom. The summed E-state index contributed by atoms with van der Waals surface area (Å²) in [6.07, 6.45) is 2.71. The van der Waals surface area contributed by atoms with Crippen molar-refractivity contribution in [2.45, 2.75) is 30.0 Å². The number of nitrogens with one attached hydrogen (secondary N) is 1. The van der Waals surface area contributed by atoms with Crippen LogP contribution in [0, 0.1) is 5.92 Å². The van der Waals surface area contributed by atoms with Crippen molar-refractivity contribution in [3.63, 3.8) is 0 Å². The number of hydrogen-bond donors (Lipinski definition) is 1. The Bertz CT molecular complexity index is 554. The summed E-state index contributed by atoms with van der Waals surface area (Å²) in [5.74, 6) is 3.02. The summed E-state index contributed by atoms with van der Waals surface area (Å²) in [5, 5.41) is 7.35. The van der Waals surface area contributed by atoms with E-state index in [9.17, 15) is 0 Å². The summed E-state index contributed by atoms with van der Waals surface area (Å²) in [5.41, 5.74) is 0. The Hall–Kier alpha value is -0.850. The van der Waals surface area contributed by atoms with Crippen molar-refractivity contribution in [1.29, 1.82) is 0 Å². The van der Waals surface area contributed by atoms with Crippen LogP contribution in [0.2, 0.25) is 0 Å². The number of hydrogen-bond acceptors (Lipinski definition) is 5. The van der Waals surface area contributed by atoms with Crippen molar-refractivity contribution in [2.24, 2.45) is 5.92 Å². The van der Waals surface area contributed by atoms with Crippen molar-refractivity contribution in [3.8, 4) is 0 Å². The second kappa shape index (κ2) is 6.74. The first-order valence-electron chi connectivity index (χ1n) is 6.70.